The molecule has 3 aliphatic rings. The van der Waals surface area contributed by atoms with Crippen molar-refractivity contribution in [2.45, 2.75) is 57.2 Å². The van der Waals surface area contributed by atoms with Gasteiger partial charge in [0.15, 0.2) is 0 Å². The fourth-order valence-corrected chi connectivity index (χ4v) is 3.92. The van der Waals surface area contributed by atoms with Gasteiger partial charge >= 0.3 is 5.97 Å². The number of amides is 2. The van der Waals surface area contributed by atoms with Gasteiger partial charge in [-0.1, -0.05) is 0 Å². The summed E-state index contributed by atoms with van der Waals surface area (Å²) in [5, 5.41) is 22.3. The highest BCUT2D eigenvalue weighted by atomic mass is 16.4. The van der Waals surface area contributed by atoms with Gasteiger partial charge in [0.2, 0.25) is 11.8 Å². The minimum Gasteiger partial charge on any atom is -0.480 e. The molecule has 0 unspecified atom stereocenters. The van der Waals surface area contributed by atoms with Gasteiger partial charge in [0, 0.05) is 32.6 Å². The molecule has 3 fully saturated rings. The van der Waals surface area contributed by atoms with Crippen LogP contribution in [0.5, 0.6) is 0 Å². The summed E-state index contributed by atoms with van der Waals surface area (Å²) in [6, 6.07) is -1.29. The van der Waals surface area contributed by atoms with Gasteiger partial charge in [-0.15, -0.1) is 0 Å². The Morgan fingerprint density at radius 2 is 2.04 bits per heavy atom. The van der Waals surface area contributed by atoms with Crippen molar-refractivity contribution in [1.82, 2.24) is 15.1 Å². The van der Waals surface area contributed by atoms with Crippen LogP contribution in [0.2, 0.25) is 0 Å². The van der Waals surface area contributed by atoms with Crippen molar-refractivity contribution >= 4 is 17.8 Å². The lowest BCUT2D eigenvalue weighted by Gasteiger charge is -2.37. The molecule has 1 aliphatic carbocycles. The molecule has 2 saturated heterocycles. The molecule has 8 heteroatoms. The highest BCUT2D eigenvalue weighted by molar-refractivity contribution is 5.88. The molecule has 0 aromatic rings. The van der Waals surface area contributed by atoms with E-state index in [0.717, 1.165) is 19.3 Å². The van der Waals surface area contributed by atoms with Crippen molar-refractivity contribution in [3.63, 3.8) is 0 Å². The monoisotopic (exact) mass is 353 g/mol. The zero-order valence-corrected chi connectivity index (χ0v) is 14.6. The number of carboxylic acids is 1. The first-order valence-electron chi connectivity index (χ1n) is 9.06. The van der Waals surface area contributed by atoms with E-state index >= 15 is 0 Å². The molecular formula is C17H27N3O5. The normalized spacial score (nSPS) is 31.3. The fourth-order valence-electron chi connectivity index (χ4n) is 3.92. The van der Waals surface area contributed by atoms with E-state index in [1.807, 2.05) is 0 Å². The van der Waals surface area contributed by atoms with Crippen LogP contribution in [0.1, 0.15) is 39.0 Å². The van der Waals surface area contributed by atoms with Gasteiger partial charge in [0.05, 0.1) is 12.1 Å². The largest absolute Gasteiger partial charge is 0.480 e. The Labute approximate surface area is 147 Å². The van der Waals surface area contributed by atoms with Gasteiger partial charge in [0.1, 0.15) is 6.04 Å². The molecular weight excluding hydrogens is 326 g/mol. The topological polar surface area (TPSA) is 110 Å². The number of aliphatic hydroxyl groups excluding tert-OH is 1. The van der Waals surface area contributed by atoms with Crippen LogP contribution in [0, 0.1) is 5.41 Å². The Hall–Kier alpha value is -1.67. The van der Waals surface area contributed by atoms with Crippen LogP contribution in [-0.2, 0) is 14.4 Å². The van der Waals surface area contributed by atoms with Gasteiger partial charge in [-0.05, 0) is 38.0 Å². The fraction of sp³-hybridized carbons (Fsp3) is 0.824. The summed E-state index contributed by atoms with van der Waals surface area (Å²) in [5.41, 5.74) is 0.0643. The quantitative estimate of drug-likeness (QED) is 0.610. The van der Waals surface area contributed by atoms with E-state index in [2.05, 4.69) is 5.32 Å². The van der Waals surface area contributed by atoms with Crippen molar-refractivity contribution in [3.05, 3.63) is 0 Å². The molecule has 0 bridgehead atoms. The second-order valence-electron chi connectivity index (χ2n) is 7.59. The molecule has 3 N–H and O–H groups in total. The number of aliphatic carboxylic acids is 1. The SMILES string of the molecule is C[C@@H]1NC[C@@H](C(=O)O)N(CCCC(=O)N2CCC3(CC3)[C@H](O)C2)C1=O. The Bertz CT molecular complexity index is 562. The summed E-state index contributed by atoms with van der Waals surface area (Å²) in [6.45, 7) is 3.25. The van der Waals surface area contributed by atoms with E-state index in [1.54, 1.807) is 11.8 Å². The van der Waals surface area contributed by atoms with Gasteiger partial charge in [-0.25, -0.2) is 4.79 Å². The van der Waals surface area contributed by atoms with Crippen LogP contribution >= 0.6 is 0 Å². The first-order chi connectivity index (χ1) is 11.8. The third kappa shape index (κ3) is 3.64. The van der Waals surface area contributed by atoms with Crippen molar-refractivity contribution in [2.24, 2.45) is 5.41 Å². The lowest BCUT2D eigenvalue weighted by atomic mass is 9.90. The zero-order valence-electron chi connectivity index (χ0n) is 14.6. The molecule has 3 atom stereocenters. The molecule has 1 spiro atoms. The lowest BCUT2D eigenvalue weighted by Crippen LogP contribution is -2.61. The number of hydrogen-bond acceptors (Lipinski definition) is 5. The zero-order chi connectivity index (χ0) is 18.2. The van der Waals surface area contributed by atoms with Crippen molar-refractivity contribution < 1.29 is 24.6 Å². The predicted octanol–water partition coefficient (Wildman–Crippen LogP) is -0.586. The van der Waals surface area contributed by atoms with Crippen LogP contribution in [0.3, 0.4) is 0 Å². The maximum absolute atomic E-state index is 12.4. The number of carboxylic acid groups (broad SMARTS) is 1. The first-order valence-corrected chi connectivity index (χ1v) is 9.06. The third-order valence-corrected chi connectivity index (χ3v) is 5.95. The molecule has 0 aromatic carbocycles. The Kier molecular flexibility index (Phi) is 5.02. The number of rotatable bonds is 5. The summed E-state index contributed by atoms with van der Waals surface area (Å²) in [6.07, 6.45) is 3.22. The molecule has 2 amide bonds. The number of nitrogens with one attached hydrogen (secondary N) is 1. The van der Waals surface area contributed by atoms with Crippen LogP contribution < -0.4 is 5.32 Å². The Balaban J connectivity index is 1.48. The number of carbonyl (C=O) groups excluding carboxylic acids is 2. The molecule has 3 rings (SSSR count). The number of piperazine rings is 1. The van der Waals surface area contributed by atoms with Crippen LogP contribution in [-0.4, -0.2) is 82.2 Å². The Morgan fingerprint density at radius 3 is 2.64 bits per heavy atom. The second-order valence-corrected chi connectivity index (χ2v) is 7.59. The number of nitrogens with zero attached hydrogens (tertiary/aromatic N) is 2. The number of β-amino-alcohol motifs (C(OH)–C–C–N with tert-alkyl or cyclic N) is 1. The number of piperidine rings is 1. The van der Waals surface area contributed by atoms with E-state index in [4.69, 9.17) is 0 Å². The van der Waals surface area contributed by atoms with Crippen LogP contribution in [0.25, 0.3) is 0 Å². The number of hydrogen-bond donors (Lipinski definition) is 3. The van der Waals surface area contributed by atoms with E-state index in [1.165, 1.54) is 4.90 Å². The molecule has 1 saturated carbocycles. The van der Waals surface area contributed by atoms with E-state index in [-0.39, 0.29) is 36.7 Å². The number of carbonyl (C=O) groups is 3. The Morgan fingerprint density at radius 1 is 1.32 bits per heavy atom. The van der Waals surface area contributed by atoms with Gasteiger partial charge in [0.25, 0.3) is 0 Å². The van der Waals surface area contributed by atoms with Crippen LogP contribution in [0.15, 0.2) is 0 Å². The molecule has 2 heterocycles. The summed E-state index contributed by atoms with van der Waals surface area (Å²) in [4.78, 5) is 39.0. The van der Waals surface area contributed by atoms with Crippen molar-refractivity contribution in [3.8, 4) is 0 Å². The summed E-state index contributed by atoms with van der Waals surface area (Å²) < 4.78 is 0. The minimum absolute atomic E-state index is 0.0305. The maximum atomic E-state index is 12.4. The maximum Gasteiger partial charge on any atom is 0.327 e. The van der Waals surface area contributed by atoms with Gasteiger partial charge < -0.3 is 25.3 Å². The van der Waals surface area contributed by atoms with Gasteiger partial charge in [-0.2, -0.15) is 0 Å². The standard InChI is InChI=1S/C17H27N3O5/c1-11-15(23)20(12(9-18-11)16(24)25)7-2-3-14(22)19-8-6-17(4-5-17)13(21)10-19/h11-13,18,21H,2-10H2,1H3,(H,24,25)/t11-,12-,13+/m0/s1. The average molecular weight is 353 g/mol. The minimum atomic E-state index is -1.03. The molecule has 2 aliphatic heterocycles. The molecule has 0 aromatic heterocycles. The number of likely N-dealkylation sites (tertiary alicyclic amines) is 1. The second kappa shape index (κ2) is 6.92. The van der Waals surface area contributed by atoms with Gasteiger partial charge in [-0.3, -0.25) is 9.59 Å². The van der Waals surface area contributed by atoms with Crippen molar-refractivity contribution in [2.75, 3.05) is 26.2 Å². The first kappa shape index (κ1) is 18.1. The summed E-state index contributed by atoms with van der Waals surface area (Å²) in [5.74, 6) is -1.31. The third-order valence-electron chi connectivity index (χ3n) is 5.95. The molecule has 25 heavy (non-hydrogen) atoms. The predicted molar refractivity (Wildman–Crippen MR) is 88.7 cm³/mol. The highest BCUT2D eigenvalue weighted by Crippen LogP contribution is 2.53. The van der Waals surface area contributed by atoms with Crippen molar-refractivity contribution in [1.29, 1.82) is 0 Å². The smallest absolute Gasteiger partial charge is 0.327 e. The lowest BCUT2D eigenvalue weighted by molar-refractivity contribution is -0.153. The number of aliphatic hydroxyl groups is 1. The van der Waals surface area contributed by atoms with E-state index in [9.17, 15) is 24.6 Å². The average Bonchev–Trinajstić information content (AvgIpc) is 3.34. The molecule has 0 radical (unpaired) electrons. The van der Waals surface area contributed by atoms with E-state index in [0.29, 0.717) is 19.5 Å². The van der Waals surface area contributed by atoms with E-state index < -0.39 is 24.2 Å². The highest BCUT2D eigenvalue weighted by Gasteiger charge is 2.51. The molecule has 140 valence electrons. The summed E-state index contributed by atoms with van der Waals surface area (Å²) in [7, 11) is 0. The van der Waals surface area contributed by atoms with Crippen LogP contribution in [0.4, 0.5) is 0 Å². The molecule has 8 nitrogen and oxygen atoms in total. The summed E-state index contributed by atoms with van der Waals surface area (Å²) >= 11 is 0.